The SMILES string of the molecule is Nc1ccn([C@@H]2CS[C@H](COC(=O)CCCCCNCCCCNCc3ccccc3)O2)c(=O)n1. The molecule has 2 heterocycles. The van der Waals surface area contributed by atoms with Crippen LogP contribution in [0.3, 0.4) is 0 Å². The Hall–Kier alpha value is -2.40. The van der Waals surface area contributed by atoms with Crippen LogP contribution >= 0.6 is 11.8 Å². The summed E-state index contributed by atoms with van der Waals surface area (Å²) in [5.74, 6) is 0.561. The van der Waals surface area contributed by atoms with E-state index in [1.165, 1.54) is 21.9 Å². The molecular formula is C25H37N5O4S. The molecule has 0 bridgehead atoms. The first-order chi connectivity index (χ1) is 17.1. The van der Waals surface area contributed by atoms with E-state index < -0.39 is 11.9 Å². The van der Waals surface area contributed by atoms with Crippen molar-refractivity contribution in [3.05, 3.63) is 58.6 Å². The Labute approximate surface area is 211 Å². The second-order valence-electron chi connectivity index (χ2n) is 8.51. The Bertz CT molecular complexity index is 943. The number of nitrogens with two attached hydrogens (primary N) is 1. The van der Waals surface area contributed by atoms with E-state index in [1.54, 1.807) is 12.3 Å². The summed E-state index contributed by atoms with van der Waals surface area (Å²) in [6.07, 6.45) is 6.72. The summed E-state index contributed by atoms with van der Waals surface area (Å²) in [6, 6.07) is 12.0. The average Bonchev–Trinajstić information content (AvgIpc) is 3.33. The van der Waals surface area contributed by atoms with Crippen molar-refractivity contribution in [2.45, 2.75) is 56.7 Å². The molecule has 1 aromatic carbocycles. The summed E-state index contributed by atoms with van der Waals surface area (Å²) in [7, 11) is 0. The van der Waals surface area contributed by atoms with Crippen molar-refractivity contribution in [2.75, 3.05) is 37.7 Å². The predicted molar refractivity (Wildman–Crippen MR) is 139 cm³/mol. The Morgan fingerprint density at radius 2 is 1.83 bits per heavy atom. The molecule has 0 saturated carbocycles. The van der Waals surface area contributed by atoms with Gasteiger partial charge in [-0.05, 0) is 56.9 Å². The summed E-state index contributed by atoms with van der Waals surface area (Å²) >= 11 is 1.51. The van der Waals surface area contributed by atoms with Gasteiger partial charge in [0, 0.05) is 24.9 Å². The fraction of sp³-hybridized carbons (Fsp3) is 0.560. The normalized spacial score (nSPS) is 17.5. The molecule has 0 unspecified atom stereocenters. The third-order valence-corrected chi connectivity index (χ3v) is 6.74. The molecule has 1 aliphatic heterocycles. The number of hydrogen-bond donors (Lipinski definition) is 3. The van der Waals surface area contributed by atoms with E-state index in [0.717, 1.165) is 58.3 Å². The maximum absolute atomic E-state index is 12.0. The summed E-state index contributed by atoms with van der Waals surface area (Å²) in [6.45, 7) is 4.12. The van der Waals surface area contributed by atoms with Gasteiger partial charge in [0.15, 0.2) is 0 Å². The summed E-state index contributed by atoms with van der Waals surface area (Å²) in [5.41, 5.74) is 6.10. The van der Waals surface area contributed by atoms with Gasteiger partial charge < -0.3 is 25.8 Å². The number of benzene rings is 1. The number of nitrogens with zero attached hydrogens (tertiary/aromatic N) is 2. The van der Waals surface area contributed by atoms with Crippen LogP contribution in [0.1, 0.15) is 50.3 Å². The Kier molecular flexibility index (Phi) is 12.1. The molecule has 0 aliphatic carbocycles. The lowest BCUT2D eigenvalue weighted by Crippen LogP contribution is -2.29. The molecule has 0 spiro atoms. The van der Waals surface area contributed by atoms with Crippen LogP contribution in [0.25, 0.3) is 0 Å². The molecular weight excluding hydrogens is 466 g/mol. The van der Waals surface area contributed by atoms with Crippen molar-refractivity contribution in [3.8, 4) is 0 Å². The number of hydrogen-bond acceptors (Lipinski definition) is 9. The molecule has 1 fully saturated rings. The molecule has 2 atom stereocenters. The number of carbonyl (C=O) groups is 1. The van der Waals surface area contributed by atoms with Crippen molar-refractivity contribution >= 4 is 23.5 Å². The lowest BCUT2D eigenvalue weighted by atomic mass is 10.2. The highest BCUT2D eigenvalue weighted by molar-refractivity contribution is 8.00. The minimum absolute atomic E-state index is 0.179. The summed E-state index contributed by atoms with van der Waals surface area (Å²) < 4.78 is 12.6. The maximum atomic E-state index is 12.0. The van der Waals surface area contributed by atoms with Gasteiger partial charge in [-0.25, -0.2) is 4.79 Å². The summed E-state index contributed by atoms with van der Waals surface area (Å²) in [4.78, 5) is 27.6. The van der Waals surface area contributed by atoms with Crippen molar-refractivity contribution in [2.24, 2.45) is 0 Å². The van der Waals surface area contributed by atoms with Crippen LogP contribution in [-0.2, 0) is 20.8 Å². The average molecular weight is 504 g/mol. The number of rotatable bonds is 16. The van der Waals surface area contributed by atoms with E-state index in [2.05, 4.69) is 39.9 Å². The number of anilines is 1. The van der Waals surface area contributed by atoms with E-state index in [-0.39, 0.29) is 23.8 Å². The van der Waals surface area contributed by atoms with Gasteiger partial charge in [0.2, 0.25) is 0 Å². The van der Waals surface area contributed by atoms with Gasteiger partial charge in [-0.1, -0.05) is 36.8 Å². The van der Waals surface area contributed by atoms with E-state index >= 15 is 0 Å². The van der Waals surface area contributed by atoms with Gasteiger partial charge in [-0.2, -0.15) is 4.98 Å². The molecule has 2 aromatic rings. The van der Waals surface area contributed by atoms with Crippen LogP contribution in [0.5, 0.6) is 0 Å². The minimum Gasteiger partial charge on any atom is -0.462 e. The highest BCUT2D eigenvalue weighted by Crippen LogP contribution is 2.31. The lowest BCUT2D eigenvalue weighted by molar-refractivity contribution is -0.147. The topological polar surface area (TPSA) is 121 Å². The molecule has 1 aromatic heterocycles. The molecule has 0 amide bonds. The molecule has 35 heavy (non-hydrogen) atoms. The van der Waals surface area contributed by atoms with Crippen molar-refractivity contribution in [3.63, 3.8) is 0 Å². The predicted octanol–water partition coefficient (Wildman–Crippen LogP) is 2.68. The third-order valence-electron chi connectivity index (χ3n) is 5.64. The number of unbranched alkanes of at least 4 members (excludes halogenated alkanes) is 3. The molecule has 10 heteroatoms. The van der Waals surface area contributed by atoms with E-state index in [0.29, 0.717) is 12.2 Å². The lowest BCUT2D eigenvalue weighted by Gasteiger charge is -2.14. The fourth-order valence-corrected chi connectivity index (χ4v) is 4.69. The number of esters is 1. The highest BCUT2D eigenvalue weighted by atomic mass is 32.2. The van der Waals surface area contributed by atoms with Crippen LogP contribution in [0.2, 0.25) is 0 Å². The summed E-state index contributed by atoms with van der Waals surface area (Å²) in [5, 5.41) is 6.94. The van der Waals surface area contributed by atoms with Crippen molar-refractivity contribution in [1.29, 1.82) is 0 Å². The third kappa shape index (κ3) is 10.4. The van der Waals surface area contributed by atoms with Crippen molar-refractivity contribution < 1.29 is 14.3 Å². The van der Waals surface area contributed by atoms with Crippen LogP contribution < -0.4 is 22.1 Å². The first-order valence-corrected chi connectivity index (χ1v) is 13.4. The maximum Gasteiger partial charge on any atom is 0.351 e. The zero-order valence-corrected chi connectivity index (χ0v) is 21.0. The largest absolute Gasteiger partial charge is 0.462 e. The van der Waals surface area contributed by atoms with Gasteiger partial charge in [0.1, 0.15) is 24.1 Å². The van der Waals surface area contributed by atoms with E-state index in [1.807, 2.05) is 6.07 Å². The number of carbonyl (C=O) groups excluding carboxylic acids is 1. The molecule has 192 valence electrons. The smallest absolute Gasteiger partial charge is 0.351 e. The second-order valence-corrected chi connectivity index (χ2v) is 9.70. The van der Waals surface area contributed by atoms with E-state index in [9.17, 15) is 9.59 Å². The zero-order chi connectivity index (χ0) is 24.7. The second kappa shape index (κ2) is 15.6. The Morgan fingerprint density at radius 3 is 2.60 bits per heavy atom. The molecule has 1 aliphatic rings. The molecule has 4 N–H and O–H groups in total. The first kappa shape index (κ1) is 27.2. The van der Waals surface area contributed by atoms with Crippen LogP contribution in [-0.4, -0.2) is 53.0 Å². The highest BCUT2D eigenvalue weighted by Gasteiger charge is 2.29. The number of ether oxygens (including phenoxy) is 2. The van der Waals surface area contributed by atoms with E-state index in [4.69, 9.17) is 15.2 Å². The van der Waals surface area contributed by atoms with Crippen LogP contribution in [0.15, 0.2) is 47.4 Å². The van der Waals surface area contributed by atoms with Crippen LogP contribution in [0, 0.1) is 0 Å². The van der Waals surface area contributed by atoms with Crippen molar-refractivity contribution in [1.82, 2.24) is 20.2 Å². The quantitative estimate of drug-likeness (QED) is 0.234. The standard InChI is InChI=1S/C25H37N5O4S/c26-21-12-16-30(25(32)29-21)22-19-35-24(34-22)18-33-23(31)11-5-2-6-13-27-14-7-8-15-28-17-20-9-3-1-4-10-20/h1,3-4,9-10,12,16,22,24,27-28H,2,5-8,11,13-15,17-19H2,(H2,26,29,32)/t22-,24+/m0/s1. The Morgan fingerprint density at radius 1 is 1.09 bits per heavy atom. The van der Waals surface area contributed by atoms with Gasteiger partial charge in [0.25, 0.3) is 0 Å². The molecule has 3 rings (SSSR count). The van der Waals surface area contributed by atoms with Gasteiger partial charge >= 0.3 is 11.7 Å². The first-order valence-electron chi connectivity index (χ1n) is 12.3. The van der Waals surface area contributed by atoms with Gasteiger partial charge in [0.05, 0.1) is 0 Å². The fourth-order valence-electron chi connectivity index (χ4n) is 3.70. The van der Waals surface area contributed by atoms with Crippen LogP contribution in [0.4, 0.5) is 5.82 Å². The minimum atomic E-state index is -0.446. The van der Waals surface area contributed by atoms with Gasteiger partial charge in [-0.15, -0.1) is 11.8 Å². The molecule has 0 radical (unpaired) electrons. The van der Waals surface area contributed by atoms with Gasteiger partial charge in [-0.3, -0.25) is 9.36 Å². The molecule has 1 saturated heterocycles. The number of thioether (sulfide) groups is 1. The number of nitrogens with one attached hydrogen (secondary N) is 2. The Balaban J connectivity index is 1.11. The monoisotopic (exact) mass is 503 g/mol. The zero-order valence-electron chi connectivity index (χ0n) is 20.2. The number of nitrogen functional groups attached to an aromatic ring is 1. The number of aromatic nitrogens is 2. The molecule has 9 nitrogen and oxygen atoms in total.